The monoisotopic (exact) mass is 990 g/mol. The van der Waals surface area contributed by atoms with Crippen molar-refractivity contribution in [3.63, 3.8) is 0 Å². The highest BCUT2D eigenvalue weighted by Gasteiger charge is 2.36. The normalized spacial score (nSPS) is 21.5. The number of H-pyrrole nitrogens is 1. The third-order valence-electron chi connectivity index (χ3n) is 15.4. The highest BCUT2D eigenvalue weighted by atomic mass is 35.5. The summed E-state index contributed by atoms with van der Waals surface area (Å²) in [4.78, 5) is 43.1. The van der Waals surface area contributed by atoms with Crippen molar-refractivity contribution >= 4 is 55.5 Å². The summed E-state index contributed by atoms with van der Waals surface area (Å²) >= 11 is 6.26. The lowest BCUT2D eigenvalue weighted by molar-refractivity contribution is -0.386. The number of hydrogen-bond donors (Lipinski definition) is 2. The van der Waals surface area contributed by atoms with Gasteiger partial charge in [0.1, 0.15) is 22.9 Å². The zero-order valence-electron chi connectivity index (χ0n) is 40.3. The predicted octanol–water partition coefficient (Wildman–Crippen LogP) is 9.32. The first kappa shape index (κ1) is 48.1. The fourth-order valence-corrected chi connectivity index (χ4v) is 12.2. The van der Waals surface area contributed by atoms with Crippen molar-refractivity contribution in [2.45, 2.75) is 89.1 Å². The zero-order valence-corrected chi connectivity index (χ0v) is 41.9. The van der Waals surface area contributed by atoms with Crippen LogP contribution >= 0.6 is 11.6 Å². The van der Waals surface area contributed by atoms with Crippen LogP contribution in [0.4, 0.5) is 11.4 Å². The maximum Gasteiger partial charge on any atom is 0.277 e. The lowest BCUT2D eigenvalue weighted by Crippen LogP contribution is -2.57. The molecule has 370 valence electrons. The Morgan fingerprint density at radius 1 is 1.01 bits per heavy atom. The molecular formula is C53H63ClN8O7S. The highest BCUT2D eigenvalue weighted by molar-refractivity contribution is 7.90. The molecule has 3 aromatic carbocycles. The van der Waals surface area contributed by atoms with Gasteiger partial charge in [0.15, 0.2) is 0 Å². The Labute approximate surface area is 415 Å². The quantitative estimate of drug-likeness (QED) is 0.0801. The Morgan fingerprint density at radius 2 is 1.80 bits per heavy atom. The number of nitrogens with one attached hydrogen (secondary N) is 2. The number of rotatable bonds is 14. The lowest BCUT2D eigenvalue weighted by atomic mass is 9.72. The number of aromatic nitrogens is 2. The van der Waals surface area contributed by atoms with Crippen molar-refractivity contribution in [1.29, 1.82) is 0 Å². The summed E-state index contributed by atoms with van der Waals surface area (Å²) in [6.07, 6.45) is 11.6. The van der Waals surface area contributed by atoms with Gasteiger partial charge in [-0.1, -0.05) is 49.6 Å². The van der Waals surface area contributed by atoms with Crippen molar-refractivity contribution in [1.82, 2.24) is 29.4 Å². The van der Waals surface area contributed by atoms with Gasteiger partial charge in [0.05, 0.1) is 33.7 Å². The fraction of sp³-hybridized carbons (Fsp3) is 0.472. The van der Waals surface area contributed by atoms with Gasteiger partial charge in [-0.25, -0.2) is 18.1 Å². The predicted molar refractivity (Wildman–Crippen MR) is 273 cm³/mol. The number of anilines is 1. The van der Waals surface area contributed by atoms with E-state index in [-0.39, 0.29) is 34.1 Å². The van der Waals surface area contributed by atoms with E-state index in [1.807, 2.05) is 18.2 Å². The van der Waals surface area contributed by atoms with Gasteiger partial charge in [0.2, 0.25) is 0 Å². The number of nitro groups is 1. The highest BCUT2D eigenvalue weighted by Crippen LogP contribution is 2.44. The summed E-state index contributed by atoms with van der Waals surface area (Å²) in [5.41, 5.74) is 5.80. The van der Waals surface area contributed by atoms with Gasteiger partial charge in [0, 0.05) is 105 Å². The molecule has 2 aromatic heterocycles. The van der Waals surface area contributed by atoms with Crippen molar-refractivity contribution in [3.05, 3.63) is 117 Å². The van der Waals surface area contributed by atoms with E-state index in [0.717, 1.165) is 107 Å². The van der Waals surface area contributed by atoms with Crippen LogP contribution in [0.2, 0.25) is 5.02 Å². The molecule has 70 heavy (non-hydrogen) atoms. The molecule has 10 rings (SSSR count). The van der Waals surface area contributed by atoms with Gasteiger partial charge >= 0.3 is 0 Å². The van der Waals surface area contributed by atoms with Crippen LogP contribution in [0.5, 0.6) is 17.2 Å². The number of halogens is 1. The number of nitrogens with zero attached hydrogens (tertiary/aromatic N) is 6. The van der Waals surface area contributed by atoms with Crippen molar-refractivity contribution in [2.24, 2.45) is 11.3 Å². The van der Waals surface area contributed by atoms with Crippen molar-refractivity contribution < 1.29 is 27.6 Å². The average Bonchev–Trinajstić information content (AvgIpc) is 3.79. The largest absolute Gasteiger partial charge is 0.493 e. The van der Waals surface area contributed by atoms with Gasteiger partial charge in [-0.15, -0.1) is 0 Å². The molecule has 5 aliphatic rings. The first-order chi connectivity index (χ1) is 33.6. The minimum Gasteiger partial charge on any atom is -0.493 e. The Bertz CT molecular complexity index is 2910. The molecule has 2 atom stereocenters. The minimum atomic E-state index is -4.63. The summed E-state index contributed by atoms with van der Waals surface area (Å²) in [7, 11) is -4.63. The molecule has 0 radical (unpaired) electrons. The van der Waals surface area contributed by atoms with E-state index in [9.17, 15) is 23.3 Å². The molecule has 1 saturated carbocycles. The Balaban J connectivity index is 0.837. The Morgan fingerprint density at radius 3 is 2.54 bits per heavy atom. The first-order valence-electron chi connectivity index (χ1n) is 24.8. The topological polar surface area (TPSA) is 166 Å². The summed E-state index contributed by atoms with van der Waals surface area (Å²) < 4.78 is 42.8. The molecule has 3 fully saturated rings. The van der Waals surface area contributed by atoms with Crippen molar-refractivity contribution in [3.8, 4) is 17.2 Å². The summed E-state index contributed by atoms with van der Waals surface area (Å²) in [6.45, 7) is 15.2. The number of aromatic amines is 1. The molecule has 2 saturated heterocycles. The third-order valence-corrected chi connectivity index (χ3v) is 16.9. The third kappa shape index (κ3) is 10.6. The van der Waals surface area contributed by atoms with Gasteiger partial charge in [-0.3, -0.25) is 24.7 Å². The maximum atomic E-state index is 14.2. The second kappa shape index (κ2) is 19.9. The number of amides is 1. The number of carbonyl (C=O) groups is 1. The fourth-order valence-electron chi connectivity index (χ4n) is 11.1. The number of piperazine rings is 2. The number of pyridine rings is 1. The molecule has 1 amide bonds. The van der Waals surface area contributed by atoms with E-state index in [0.29, 0.717) is 42.1 Å². The number of hydrogen-bond acceptors (Lipinski definition) is 12. The molecule has 0 spiro atoms. The Kier molecular flexibility index (Phi) is 13.7. The zero-order chi connectivity index (χ0) is 48.7. The van der Waals surface area contributed by atoms with Gasteiger partial charge in [-0.2, -0.15) is 0 Å². The average molecular weight is 992 g/mol. The van der Waals surface area contributed by atoms with E-state index in [2.05, 4.69) is 67.2 Å². The van der Waals surface area contributed by atoms with E-state index < -0.39 is 25.7 Å². The number of nitro benzene ring substituents is 1. The van der Waals surface area contributed by atoms with Crippen LogP contribution in [0.3, 0.4) is 0 Å². The van der Waals surface area contributed by atoms with E-state index in [1.54, 1.807) is 30.5 Å². The molecule has 5 heterocycles. The Hall–Kier alpha value is -5.52. The standard InChI is InChI=1S/C53H63ClN8O7S/c1-35-32-58(21-24-61(35)41-5-4-6-41)18-15-36-25-46-48(62(64)65)28-44(29-49(46)68-34-36)70(66,67)57-52(63)45-12-11-42(27-50(45)69-43-26-38-14-17-55-51(38)56-31-43)60-22-19-59(20-23-60)33-39-13-16-53(2,3)30-47(39)37-7-9-40(54)10-8-37/h7-12,14,17,26-29,31,35-36,41H,4-6,13,15-16,18-25,30,32-34H2,1-3H3,(H,55,56)(H,57,63)/t35-,36-/m0/s1. The van der Waals surface area contributed by atoms with Crippen LogP contribution in [0, 0.1) is 21.4 Å². The summed E-state index contributed by atoms with van der Waals surface area (Å²) in [6, 6.07) is 20.5. The molecule has 15 nitrogen and oxygen atoms in total. The number of allylic oxidation sites excluding steroid dienone is 1. The van der Waals surface area contributed by atoms with Crippen LogP contribution in [0.1, 0.15) is 87.2 Å². The number of sulfonamides is 1. The SMILES string of the molecule is C[C@H]1CN(CC[C@@H]2COc3cc(S(=O)(=O)NC(=O)c4ccc(N5CCN(CC6=C(c7ccc(Cl)cc7)CC(C)(C)CC6)CC5)cc4Oc4cnc5[nH]ccc5c4)cc([N+](=O)[O-])c3C2)CCN1C1CCC1. The van der Waals surface area contributed by atoms with Crippen LogP contribution in [-0.2, 0) is 16.4 Å². The molecular weight excluding hydrogens is 928 g/mol. The van der Waals surface area contributed by atoms with Gasteiger partial charge in [0.25, 0.3) is 21.6 Å². The van der Waals surface area contributed by atoms with Crippen LogP contribution in [0.15, 0.2) is 89.6 Å². The van der Waals surface area contributed by atoms with E-state index in [1.165, 1.54) is 48.2 Å². The second-order valence-corrected chi connectivity index (χ2v) is 22.9. The minimum absolute atomic E-state index is 0.0348. The summed E-state index contributed by atoms with van der Waals surface area (Å²) in [5, 5.41) is 14.1. The van der Waals surface area contributed by atoms with Crippen LogP contribution < -0.4 is 19.1 Å². The molecule has 5 aromatic rings. The number of ether oxygens (including phenoxy) is 2. The molecule has 3 aliphatic heterocycles. The molecule has 17 heteroatoms. The van der Waals surface area contributed by atoms with Crippen molar-refractivity contribution in [2.75, 3.05) is 70.4 Å². The molecule has 0 bridgehead atoms. The number of fused-ring (bicyclic) bond motifs is 2. The van der Waals surface area contributed by atoms with Crippen LogP contribution in [0.25, 0.3) is 16.6 Å². The van der Waals surface area contributed by atoms with E-state index >= 15 is 0 Å². The molecule has 2 aliphatic carbocycles. The molecule has 0 unspecified atom stereocenters. The van der Waals surface area contributed by atoms with Gasteiger partial charge < -0.3 is 24.3 Å². The smallest absolute Gasteiger partial charge is 0.277 e. The number of benzene rings is 3. The summed E-state index contributed by atoms with van der Waals surface area (Å²) in [5.74, 6) is -0.288. The maximum absolute atomic E-state index is 14.2. The number of carbonyl (C=O) groups excluding carboxylic acids is 1. The van der Waals surface area contributed by atoms with E-state index in [4.69, 9.17) is 21.1 Å². The van der Waals surface area contributed by atoms with Gasteiger partial charge in [-0.05, 0) is 117 Å². The lowest BCUT2D eigenvalue weighted by Gasteiger charge is -2.47. The first-order valence-corrected chi connectivity index (χ1v) is 26.7. The second-order valence-electron chi connectivity index (χ2n) is 20.8. The van der Waals surface area contributed by atoms with Crippen LogP contribution in [-0.4, -0.2) is 122 Å². The molecule has 2 N–H and O–H groups in total.